The minimum absolute atomic E-state index is 0.0795. The number of aryl methyl sites for hydroxylation is 2. The Balaban J connectivity index is 1.34. The number of nitrogens with one attached hydrogen (secondary N) is 2. The van der Waals surface area contributed by atoms with Gasteiger partial charge < -0.3 is 29.7 Å². The molecule has 0 bridgehead atoms. The number of aromatic nitrogens is 1. The van der Waals surface area contributed by atoms with Crippen LogP contribution >= 0.6 is 11.3 Å². The van der Waals surface area contributed by atoms with Crippen LogP contribution in [0.3, 0.4) is 0 Å². The number of benzene rings is 1. The summed E-state index contributed by atoms with van der Waals surface area (Å²) in [5.41, 5.74) is 4.38. The lowest BCUT2D eigenvalue weighted by Crippen LogP contribution is -2.50. The van der Waals surface area contributed by atoms with Crippen LogP contribution in [-0.4, -0.2) is 91.3 Å². The molecule has 11 nitrogen and oxygen atoms in total. The fourth-order valence-electron chi connectivity index (χ4n) is 5.86. The van der Waals surface area contributed by atoms with Crippen LogP contribution in [0, 0.1) is 18.3 Å². The largest absolute Gasteiger partial charge is 0.444 e. The minimum atomic E-state index is -0.548. The Morgan fingerprint density at radius 2 is 1.68 bits per heavy atom. The first-order valence-corrected chi connectivity index (χ1v) is 18.8. The summed E-state index contributed by atoms with van der Waals surface area (Å²) >= 11 is 1.65. The topological polar surface area (TPSA) is 136 Å². The number of carbonyl (C=O) groups excluding carboxylic acids is 4. The van der Waals surface area contributed by atoms with Crippen molar-refractivity contribution in [1.82, 2.24) is 20.5 Å². The van der Waals surface area contributed by atoms with Crippen LogP contribution in [0.2, 0.25) is 0 Å². The first kappa shape index (κ1) is 41.1. The Labute approximate surface area is 302 Å². The van der Waals surface area contributed by atoms with E-state index >= 15 is 0 Å². The van der Waals surface area contributed by atoms with E-state index in [-0.39, 0.29) is 30.7 Å². The molecule has 50 heavy (non-hydrogen) atoms. The summed E-state index contributed by atoms with van der Waals surface area (Å²) in [5.74, 6) is -0.722. The summed E-state index contributed by atoms with van der Waals surface area (Å²) in [7, 11) is 0. The van der Waals surface area contributed by atoms with Gasteiger partial charge in [-0.1, -0.05) is 45.0 Å². The van der Waals surface area contributed by atoms with Crippen molar-refractivity contribution in [1.29, 1.82) is 0 Å². The molecule has 3 amide bonds. The van der Waals surface area contributed by atoms with E-state index < -0.39 is 29.1 Å². The minimum Gasteiger partial charge on any atom is -0.444 e. The molecule has 2 N–H and O–H groups in total. The predicted octanol–water partition coefficient (Wildman–Crippen LogP) is 6.12. The van der Waals surface area contributed by atoms with E-state index in [9.17, 15) is 19.2 Å². The van der Waals surface area contributed by atoms with Crippen LogP contribution in [-0.2, 0) is 35.0 Å². The molecule has 2 atom stereocenters. The summed E-state index contributed by atoms with van der Waals surface area (Å²) in [5, 5.41) is 5.50. The lowest BCUT2D eigenvalue weighted by Gasteiger charge is -2.35. The maximum atomic E-state index is 13.8. The maximum absolute atomic E-state index is 13.8. The van der Waals surface area contributed by atoms with Gasteiger partial charge in [0.25, 0.3) is 0 Å². The molecule has 0 saturated carbocycles. The molecule has 0 spiro atoms. The number of carbonyl (C=O) groups is 4. The van der Waals surface area contributed by atoms with E-state index in [0.717, 1.165) is 31.4 Å². The Morgan fingerprint density at radius 3 is 2.34 bits per heavy atom. The smallest absolute Gasteiger partial charge is 0.407 e. The van der Waals surface area contributed by atoms with Crippen molar-refractivity contribution in [3.05, 3.63) is 41.0 Å². The van der Waals surface area contributed by atoms with Gasteiger partial charge in [-0.25, -0.2) is 9.78 Å². The normalized spacial score (nSPS) is 15.5. The number of alkyl carbamates (subject to hydrolysis) is 1. The molecule has 1 aliphatic rings. The molecule has 0 aliphatic carbocycles. The molecule has 1 aromatic heterocycles. The molecule has 3 rings (SSSR count). The Hall–Kier alpha value is -3.35. The number of Topliss-reactive ketones (excluding diaryl/α,β-unsaturated/α-hetero) is 1. The van der Waals surface area contributed by atoms with Crippen LogP contribution in [0.1, 0.15) is 91.3 Å². The fourth-order valence-corrected chi connectivity index (χ4v) is 6.67. The van der Waals surface area contributed by atoms with Gasteiger partial charge in [-0.15, -0.1) is 11.3 Å². The third-order valence-corrected chi connectivity index (χ3v) is 9.56. The van der Waals surface area contributed by atoms with Gasteiger partial charge in [0.05, 0.1) is 34.6 Å². The van der Waals surface area contributed by atoms with Gasteiger partial charge in [0.15, 0.2) is 5.78 Å². The van der Waals surface area contributed by atoms with E-state index in [1.54, 1.807) is 37.0 Å². The van der Waals surface area contributed by atoms with Crippen molar-refractivity contribution in [2.45, 2.75) is 105 Å². The highest BCUT2D eigenvalue weighted by molar-refractivity contribution is 7.13. The number of amides is 3. The number of hydrogen-bond acceptors (Lipinski definition) is 9. The summed E-state index contributed by atoms with van der Waals surface area (Å²) in [6, 6.07) is 8.18. The Kier molecular flexibility index (Phi) is 16.3. The van der Waals surface area contributed by atoms with Gasteiger partial charge in [0.2, 0.25) is 11.8 Å². The van der Waals surface area contributed by atoms with Crippen LogP contribution < -0.4 is 10.6 Å². The standard InChI is InChI=1S/C38H58N4O7S/c1-27-34(50-26-41-27)29-17-15-28(16-18-29)12-8-9-14-32(43)31-13-10-20-42(31)35(45)30(37(2,3)4)24-40-33(44)25-48-22-11-21-47-23-19-39-36(46)49-38(5,6)7/h15-18,26,30-31H,8-14,19-25H2,1-7H3,(H,39,46)(H,40,44)/t30-,31+/m1/s1. The SMILES string of the molecule is Cc1ncsc1-c1ccc(CCCCC(=O)[C@@H]2CCCN2C(=O)[C@@H](CNC(=O)COCCCOCCNC(=O)OC(C)(C)C)C(C)(C)C)cc1. The van der Waals surface area contributed by atoms with Crippen molar-refractivity contribution in [2.75, 3.05) is 46.1 Å². The van der Waals surface area contributed by atoms with Crippen LogP contribution in [0.4, 0.5) is 4.79 Å². The van der Waals surface area contributed by atoms with Crippen molar-refractivity contribution in [2.24, 2.45) is 11.3 Å². The maximum Gasteiger partial charge on any atom is 0.407 e. The lowest BCUT2D eigenvalue weighted by atomic mass is 9.79. The zero-order chi connectivity index (χ0) is 36.7. The zero-order valence-corrected chi connectivity index (χ0v) is 31.9. The van der Waals surface area contributed by atoms with E-state index in [2.05, 4.69) is 39.9 Å². The quantitative estimate of drug-likeness (QED) is 0.166. The van der Waals surface area contributed by atoms with Gasteiger partial charge in [0.1, 0.15) is 12.2 Å². The second-order valence-electron chi connectivity index (χ2n) is 15.0. The van der Waals surface area contributed by atoms with Gasteiger partial charge in [-0.2, -0.15) is 0 Å². The van der Waals surface area contributed by atoms with E-state index in [0.29, 0.717) is 52.2 Å². The molecule has 1 saturated heterocycles. The van der Waals surface area contributed by atoms with Gasteiger partial charge in [-0.3, -0.25) is 14.4 Å². The number of rotatable bonds is 19. The van der Waals surface area contributed by atoms with Crippen molar-refractivity contribution in [3.8, 4) is 10.4 Å². The van der Waals surface area contributed by atoms with Crippen molar-refractivity contribution >= 4 is 35.0 Å². The van der Waals surface area contributed by atoms with Crippen molar-refractivity contribution in [3.63, 3.8) is 0 Å². The van der Waals surface area contributed by atoms with Crippen LogP contribution in [0.5, 0.6) is 0 Å². The van der Waals surface area contributed by atoms with E-state index in [1.165, 1.54) is 16.0 Å². The number of hydrogen-bond donors (Lipinski definition) is 2. The summed E-state index contributed by atoms with van der Waals surface area (Å²) < 4.78 is 16.1. The van der Waals surface area contributed by atoms with Crippen molar-refractivity contribution < 1.29 is 33.4 Å². The molecule has 0 unspecified atom stereocenters. The number of thiazole rings is 1. The third-order valence-electron chi connectivity index (χ3n) is 8.58. The monoisotopic (exact) mass is 714 g/mol. The molecule has 1 aromatic carbocycles. The van der Waals surface area contributed by atoms with E-state index in [1.807, 2.05) is 33.2 Å². The highest BCUT2D eigenvalue weighted by Crippen LogP contribution is 2.31. The molecular weight excluding hydrogens is 657 g/mol. The lowest BCUT2D eigenvalue weighted by molar-refractivity contribution is -0.144. The summed E-state index contributed by atoms with van der Waals surface area (Å²) in [4.78, 5) is 58.6. The average molecular weight is 715 g/mol. The highest BCUT2D eigenvalue weighted by atomic mass is 32.1. The first-order chi connectivity index (χ1) is 23.7. The summed E-state index contributed by atoms with van der Waals surface area (Å²) in [6.07, 6.45) is 4.64. The van der Waals surface area contributed by atoms with Crippen LogP contribution in [0.15, 0.2) is 29.8 Å². The highest BCUT2D eigenvalue weighted by Gasteiger charge is 2.40. The first-order valence-electron chi connectivity index (χ1n) is 17.9. The molecule has 278 valence electrons. The second-order valence-corrected chi connectivity index (χ2v) is 15.9. The molecule has 0 radical (unpaired) electrons. The van der Waals surface area contributed by atoms with Gasteiger partial charge >= 0.3 is 6.09 Å². The molecule has 2 aromatic rings. The van der Waals surface area contributed by atoms with E-state index in [4.69, 9.17) is 14.2 Å². The molecule has 1 fully saturated rings. The molecular formula is C38H58N4O7S. The molecule has 1 aliphatic heterocycles. The molecule has 12 heteroatoms. The Morgan fingerprint density at radius 1 is 0.960 bits per heavy atom. The summed E-state index contributed by atoms with van der Waals surface area (Å²) in [6.45, 7) is 15.4. The third kappa shape index (κ3) is 14.1. The van der Waals surface area contributed by atoms with Crippen LogP contribution in [0.25, 0.3) is 10.4 Å². The number of ether oxygens (including phenoxy) is 3. The van der Waals surface area contributed by atoms with Gasteiger partial charge in [0, 0.05) is 39.3 Å². The Bertz CT molecular complexity index is 1380. The molecule has 2 heterocycles. The predicted molar refractivity (Wildman–Crippen MR) is 196 cm³/mol. The number of unbranched alkanes of at least 4 members (excludes halogenated alkanes) is 1. The number of nitrogens with zero attached hydrogens (tertiary/aromatic N) is 2. The van der Waals surface area contributed by atoms with Gasteiger partial charge in [-0.05, 0) is 82.8 Å². The number of ketones is 1. The number of likely N-dealkylation sites (tertiary alicyclic amines) is 1. The fraction of sp³-hybridized carbons (Fsp3) is 0.658. The second kappa shape index (κ2) is 19.9. The average Bonchev–Trinajstić information content (AvgIpc) is 3.70. The zero-order valence-electron chi connectivity index (χ0n) is 31.1.